The lowest BCUT2D eigenvalue weighted by Crippen LogP contribution is -2.38. The number of alkyl halides is 3. The second-order valence-electron chi connectivity index (χ2n) is 6.54. The summed E-state index contributed by atoms with van der Waals surface area (Å²) in [4.78, 5) is 13.2. The fourth-order valence-corrected chi connectivity index (χ4v) is 2.78. The van der Waals surface area contributed by atoms with Gasteiger partial charge in [0.1, 0.15) is 6.54 Å². The summed E-state index contributed by atoms with van der Waals surface area (Å²) in [5, 5.41) is 16.6. The molecule has 0 aliphatic rings. The highest BCUT2D eigenvalue weighted by Gasteiger charge is 2.33. The van der Waals surface area contributed by atoms with Crippen LogP contribution in [0, 0.1) is 11.3 Å². The van der Waals surface area contributed by atoms with Crippen molar-refractivity contribution in [3.05, 3.63) is 71.6 Å². The van der Waals surface area contributed by atoms with Gasteiger partial charge in [-0.15, -0.1) is 10.2 Å². The van der Waals surface area contributed by atoms with Crippen molar-refractivity contribution in [3.63, 3.8) is 0 Å². The van der Waals surface area contributed by atoms with Crippen LogP contribution in [-0.4, -0.2) is 33.7 Å². The number of aryl methyl sites for hydroxylation is 1. The Kier molecular flexibility index (Phi) is 6.47. The maximum absolute atomic E-state index is 13.0. The lowest BCUT2D eigenvalue weighted by Gasteiger charge is -2.24. The van der Waals surface area contributed by atoms with Crippen molar-refractivity contribution >= 4 is 5.91 Å². The van der Waals surface area contributed by atoms with Gasteiger partial charge in [-0.1, -0.05) is 30.3 Å². The van der Waals surface area contributed by atoms with Gasteiger partial charge in [-0.2, -0.15) is 18.4 Å². The number of nitriles is 1. The minimum Gasteiger partial charge on any atom is -0.421 e. The summed E-state index contributed by atoms with van der Waals surface area (Å²) in [5.74, 6) is -0.230. The quantitative estimate of drug-likeness (QED) is 0.581. The van der Waals surface area contributed by atoms with Crippen LogP contribution in [0.4, 0.5) is 13.2 Å². The van der Waals surface area contributed by atoms with E-state index in [0.717, 1.165) is 4.90 Å². The molecule has 0 N–H and O–H groups in total. The minimum absolute atomic E-state index is 0.0282. The second kappa shape index (κ2) is 9.22. The first-order valence-electron chi connectivity index (χ1n) is 9.05. The van der Waals surface area contributed by atoms with Gasteiger partial charge in [0.2, 0.25) is 17.7 Å². The highest BCUT2D eigenvalue weighted by atomic mass is 19.4. The van der Waals surface area contributed by atoms with Gasteiger partial charge in [-0.25, -0.2) is 0 Å². The van der Waals surface area contributed by atoms with Crippen molar-refractivity contribution < 1.29 is 22.4 Å². The topological polar surface area (TPSA) is 83.0 Å². The van der Waals surface area contributed by atoms with Gasteiger partial charge >= 0.3 is 6.18 Å². The lowest BCUT2D eigenvalue weighted by molar-refractivity contribution is -0.162. The molecule has 0 aliphatic heterocycles. The Morgan fingerprint density at radius 3 is 2.40 bits per heavy atom. The summed E-state index contributed by atoms with van der Waals surface area (Å²) >= 11 is 0. The number of halogens is 3. The normalized spacial score (nSPS) is 11.1. The van der Waals surface area contributed by atoms with Crippen LogP contribution in [0.1, 0.15) is 23.4 Å². The molecule has 0 saturated carbocycles. The Bertz CT molecular complexity index is 1020. The molecular weight excluding hydrogens is 397 g/mol. The number of aromatic nitrogens is 2. The summed E-state index contributed by atoms with van der Waals surface area (Å²) in [6.07, 6.45) is -4.71. The molecule has 0 aliphatic carbocycles. The molecule has 0 radical (unpaired) electrons. The van der Waals surface area contributed by atoms with Gasteiger partial charge in [-0.05, 0) is 29.8 Å². The molecular formula is C21H17F3N4O2. The summed E-state index contributed by atoms with van der Waals surface area (Å²) in [6.45, 7) is -1.59. The van der Waals surface area contributed by atoms with Crippen molar-refractivity contribution in [2.75, 3.05) is 6.54 Å². The third-order valence-electron chi connectivity index (χ3n) is 4.22. The van der Waals surface area contributed by atoms with Crippen molar-refractivity contribution in [1.82, 2.24) is 15.1 Å². The first-order valence-corrected chi connectivity index (χ1v) is 9.05. The van der Waals surface area contributed by atoms with E-state index in [0.29, 0.717) is 16.7 Å². The van der Waals surface area contributed by atoms with Crippen LogP contribution in [0.3, 0.4) is 0 Å². The molecule has 3 rings (SSSR count). The number of benzene rings is 2. The minimum atomic E-state index is -4.53. The SMILES string of the molecule is N#Cc1ccc(CN(CC(F)(F)F)C(=O)CCc2nnc(-c3ccccc3)o2)cc1. The number of carbonyl (C=O) groups excluding carboxylic acids is 1. The Balaban J connectivity index is 1.65. The van der Waals surface area contributed by atoms with Crippen LogP contribution >= 0.6 is 0 Å². The molecule has 30 heavy (non-hydrogen) atoms. The summed E-state index contributed by atoms with van der Waals surface area (Å²) < 4.78 is 44.4. The predicted octanol–water partition coefficient (Wildman–Crippen LogP) is 4.13. The molecule has 0 spiro atoms. The molecule has 0 saturated heterocycles. The monoisotopic (exact) mass is 414 g/mol. The molecule has 0 unspecified atom stereocenters. The molecule has 3 aromatic rings. The van der Waals surface area contributed by atoms with Crippen LogP contribution in [-0.2, 0) is 17.8 Å². The number of nitrogens with zero attached hydrogens (tertiary/aromatic N) is 4. The molecule has 1 amide bonds. The zero-order valence-electron chi connectivity index (χ0n) is 15.8. The number of amides is 1. The van der Waals surface area contributed by atoms with E-state index in [1.165, 1.54) is 24.3 Å². The average molecular weight is 414 g/mol. The van der Waals surface area contributed by atoms with E-state index in [1.54, 1.807) is 24.3 Å². The zero-order chi connectivity index (χ0) is 21.6. The first kappa shape index (κ1) is 21.0. The van der Waals surface area contributed by atoms with Crippen LogP contribution in [0.5, 0.6) is 0 Å². The second-order valence-corrected chi connectivity index (χ2v) is 6.54. The van der Waals surface area contributed by atoms with Gasteiger partial charge < -0.3 is 9.32 Å². The van der Waals surface area contributed by atoms with Gasteiger partial charge in [0.15, 0.2) is 0 Å². The van der Waals surface area contributed by atoms with Crippen molar-refractivity contribution in [1.29, 1.82) is 5.26 Å². The molecule has 1 aromatic heterocycles. The maximum atomic E-state index is 13.0. The van der Waals surface area contributed by atoms with Crippen molar-refractivity contribution in [2.45, 2.75) is 25.6 Å². The van der Waals surface area contributed by atoms with E-state index in [1.807, 2.05) is 12.1 Å². The first-order chi connectivity index (χ1) is 14.3. The van der Waals surface area contributed by atoms with E-state index in [9.17, 15) is 18.0 Å². The third kappa shape index (κ3) is 5.91. The molecule has 0 atom stereocenters. The van der Waals surface area contributed by atoms with Crippen molar-refractivity contribution in [2.24, 2.45) is 0 Å². The van der Waals surface area contributed by atoms with Crippen LogP contribution in [0.15, 0.2) is 59.0 Å². The number of carbonyl (C=O) groups is 1. The third-order valence-corrected chi connectivity index (χ3v) is 4.22. The predicted molar refractivity (Wildman–Crippen MR) is 101 cm³/mol. The molecule has 2 aromatic carbocycles. The van der Waals surface area contributed by atoms with Crippen LogP contribution in [0.25, 0.3) is 11.5 Å². The standard InChI is InChI=1S/C21H17F3N4O2/c22-21(23,24)14-28(13-16-8-6-15(12-25)7-9-16)19(29)11-10-18-26-27-20(30-18)17-4-2-1-3-5-17/h1-9H,10-11,13-14H2. The Morgan fingerprint density at radius 1 is 1.07 bits per heavy atom. The fraction of sp³-hybridized carbons (Fsp3) is 0.238. The van der Waals surface area contributed by atoms with Gasteiger partial charge in [0, 0.05) is 24.9 Å². The van der Waals surface area contributed by atoms with E-state index < -0.39 is 18.6 Å². The van der Waals surface area contributed by atoms with Gasteiger partial charge in [-0.3, -0.25) is 4.79 Å². The summed E-state index contributed by atoms with van der Waals surface area (Å²) in [5.41, 5.74) is 1.59. The largest absolute Gasteiger partial charge is 0.421 e. The Morgan fingerprint density at radius 2 is 1.77 bits per heavy atom. The molecule has 9 heteroatoms. The maximum Gasteiger partial charge on any atom is 0.406 e. The molecule has 154 valence electrons. The number of hydrogen-bond acceptors (Lipinski definition) is 5. The van der Waals surface area contributed by atoms with Crippen LogP contribution < -0.4 is 0 Å². The van der Waals surface area contributed by atoms with Crippen LogP contribution in [0.2, 0.25) is 0 Å². The lowest BCUT2D eigenvalue weighted by atomic mass is 10.1. The smallest absolute Gasteiger partial charge is 0.406 e. The molecule has 0 bridgehead atoms. The Hall–Kier alpha value is -3.67. The zero-order valence-corrected chi connectivity index (χ0v) is 15.8. The molecule has 0 fully saturated rings. The van der Waals surface area contributed by atoms with Gasteiger partial charge in [0.25, 0.3) is 0 Å². The fourth-order valence-electron chi connectivity index (χ4n) is 2.78. The highest BCUT2D eigenvalue weighted by Crippen LogP contribution is 2.21. The van der Waals surface area contributed by atoms with E-state index in [2.05, 4.69) is 10.2 Å². The van der Waals surface area contributed by atoms with Gasteiger partial charge in [0.05, 0.1) is 11.6 Å². The average Bonchev–Trinajstić information content (AvgIpc) is 3.21. The van der Waals surface area contributed by atoms with E-state index in [-0.39, 0.29) is 31.2 Å². The Labute approximate surface area is 170 Å². The number of hydrogen-bond donors (Lipinski definition) is 0. The summed E-state index contributed by atoms with van der Waals surface area (Å²) in [7, 11) is 0. The van der Waals surface area contributed by atoms with E-state index >= 15 is 0 Å². The van der Waals surface area contributed by atoms with Crippen molar-refractivity contribution in [3.8, 4) is 17.5 Å². The highest BCUT2D eigenvalue weighted by molar-refractivity contribution is 5.76. The molecule has 1 heterocycles. The number of rotatable bonds is 7. The van der Waals surface area contributed by atoms with E-state index in [4.69, 9.17) is 9.68 Å². The molecule has 6 nitrogen and oxygen atoms in total. The summed E-state index contributed by atoms with van der Waals surface area (Å²) in [6, 6.07) is 17.0.